The minimum absolute atomic E-state index is 0.288. The summed E-state index contributed by atoms with van der Waals surface area (Å²) in [7, 11) is 0. The number of nitrogens with one attached hydrogen (secondary N) is 3. The number of pyridine rings is 2. The maximum Gasteiger partial charge on any atom is 0.159 e. The van der Waals surface area contributed by atoms with E-state index >= 15 is 0 Å². The Morgan fingerprint density at radius 3 is 2.75 bits per heavy atom. The molecular formula is C24H22FN7. The number of aromatic nitrogens is 6. The Bertz CT molecular complexity index is 1430. The van der Waals surface area contributed by atoms with Crippen molar-refractivity contribution in [3.63, 3.8) is 0 Å². The number of aromatic amines is 2. The molecule has 32 heavy (non-hydrogen) atoms. The Hall–Kier alpha value is -3.65. The van der Waals surface area contributed by atoms with Gasteiger partial charge in [0, 0.05) is 18.0 Å². The van der Waals surface area contributed by atoms with E-state index in [4.69, 9.17) is 4.98 Å². The van der Waals surface area contributed by atoms with Gasteiger partial charge in [-0.2, -0.15) is 5.10 Å². The van der Waals surface area contributed by atoms with Crippen molar-refractivity contribution < 1.29 is 4.39 Å². The molecular weight excluding hydrogens is 405 g/mol. The zero-order chi connectivity index (χ0) is 21.7. The number of hydrogen-bond acceptors (Lipinski definition) is 5. The summed E-state index contributed by atoms with van der Waals surface area (Å²) in [6, 6.07) is 8.96. The van der Waals surface area contributed by atoms with Gasteiger partial charge in [-0.3, -0.25) is 10.1 Å². The van der Waals surface area contributed by atoms with E-state index in [1.54, 1.807) is 6.20 Å². The topological polar surface area (TPSA) is 95.2 Å². The molecule has 7 nitrogen and oxygen atoms in total. The second-order valence-corrected chi connectivity index (χ2v) is 8.42. The van der Waals surface area contributed by atoms with E-state index in [2.05, 4.69) is 36.5 Å². The first-order chi connectivity index (χ1) is 15.7. The van der Waals surface area contributed by atoms with Crippen molar-refractivity contribution in [3.05, 3.63) is 59.7 Å². The van der Waals surface area contributed by atoms with Crippen molar-refractivity contribution in [2.75, 3.05) is 13.1 Å². The molecule has 6 rings (SSSR count). The molecule has 0 atom stereocenters. The van der Waals surface area contributed by atoms with E-state index in [9.17, 15) is 4.39 Å². The third-order valence-corrected chi connectivity index (χ3v) is 6.19. The average Bonchev–Trinajstić information content (AvgIpc) is 3.42. The van der Waals surface area contributed by atoms with Crippen LogP contribution in [-0.2, 0) is 0 Å². The van der Waals surface area contributed by atoms with Crippen LogP contribution in [-0.4, -0.2) is 43.2 Å². The zero-order valence-corrected chi connectivity index (χ0v) is 17.6. The van der Waals surface area contributed by atoms with Gasteiger partial charge in [0.2, 0.25) is 0 Å². The molecule has 8 heteroatoms. The van der Waals surface area contributed by atoms with E-state index in [-0.39, 0.29) is 5.82 Å². The van der Waals surface area contributed by atoms with Gasteiger partial charge in [0.05, 0.1) is 16.6 Å². The summed E-state index contributed by atoms with van der Waals surface area (Å²) in [5.74, 6) is 0.848. The van der Waals surface area contributed by atoms with Gasteiger partial charge in [-0.05, 0) is 80.2 Å². The van der Waals surface area contributed by atoms with Crippen LogP contribution >= 0.6 is 0 Å². The molecule has 5 aromatic rings. The number of rotatable bonds is 3. The average molecular weight is 427 g/mol. The van der Waals surface area contributed by atoms with Crippen molar-refractivity contribution in [1.82, 2.24) is 35.5 Å². The van der Waals surface area contributed by atoms with Gasteiger partial charge in [-0.15, -0.1) is 0 Å². The fourth-order valence-corrected chi connectivity index (χ4v) is 4.61. The van der Waals surface area contributed by atoms with Gasteiger partial charge >= 0.3 is 0 Å². The van der Waals surface area contributed by atoms with Crippen LogP contribution in [0.25, 0.3) is 44.8 Å². The van der Waals surface area contributed by atoms with Crippen LogP contribution in [0.2, 0.25) is 0 Å². The maximum absolute atomic E-state index is 14.0. The molecule has 0 spiro atoms. The summed E-state index contributed by atoms with van der Waals surface area (Å²) in [6.07, 6.45) is 5.87. The fourth-order valence-electron chi connectivity index (χ4n) is 4.61. The molecule has 1 saturated heterocycles. The molecule has 1 aliphatic rings. The molecule has 3 N–H and O–H groups in total. The predicted octanol–water partition coefficient (Wildman–Crippen LogP) is 4.48. The predicted molar refractivity (Wildman–Crippen MR) is 122 cm³/mol. The highest BCUT2D eigenvalue weighted by Crippen LogP contribution is 2.32. The molecule has 0 amide bonds. The van der Waals surface area contributed by atoms with Gasteiger partial charge in [0.1, 0.15) is 17.0 Å². The van der Waals surface area contributed by atoms with Gasteiger partial charge < -0.3 is 10.3 Å². The number of nitrogens with zero attached hydrogens (tertiary/aromatic N) is 4. The van der Waals surface area contributed by atoms with Crippen molar-refractivity contribution in [2.24, 2.45) is 0 Å². The number of benzene rings is 1. The van der Waals surface area contributed by atoms with Gasteiger partial charge in [-0.25, -0.2) is 14.4 Å². The first kappa shape index (κ1) is 19.1. The number of piperidine rings is 1. The summed E-state index contributed by atoms with van der Waals surface area (Å²) in [4.78, 5) is 17.3. The van der Waals surface area contributed by atoms with Gasteiger partial charge in [0.15, 0.2) is 11.5 Å². The lowest BCUT2D eigenvalue weighted by molar-refractivity contribution is 0.460. The number of hydrogen-bond donors (Lipinski definition) is 3. The summed E-state index contributed by atoms with van der Waals surface area (Å²) >= 11 is 0. The van der Waals surface area contributed by atoms with Crippen LogP contribution in [0.15, 0.2) is 42.7 Å². The molecule has 0 unspecified atom stereocenters. The van der Waals surface area contributed by atoms with Crippen LogP contribution in [0.5, 0.6) is 0 Å². The Labute approximate surface area is 183 Å². The third-order valence-electron chi connectivity index (χ3n) is 6.19. The van der Waals surface area contributed by atoms with E-state index in [0.29, 0.717) is 28.5 Å². The lowest BCUT2D eigenvalue weighted by atomic mass is 9.91. The number of halogens is 1. The molecule has 0 radical (unpaired) electrons. The standard InChI is InChI=1S/C24H22FN7/c1-13-8-15(10-17(25)9-13)20-22-19(4-7-27-20)29-24(30-22)21-18-11-16(12-28-23(18)32-31-21)14-2-5-26-6-3-14/h4,7-12,14,26H,2-3,5-6H2,1H3,(H,29,30)(H,28,31,32). The number of H-pyrrole nitrogens is 2. The molecule has 4 aromatic heterocycles. The first-order valence-corrected chi connectivity index (χ1v) is 10.8. The van der Waals surface area contributed by atoms with Crippen LogP contribution in [0.1, 0.15) is 29.9 Å². The molecule has 160 valence electrons. The van der Waals surface area contributed by atoms with Crippen molar-refractivity contribution >= 4 is 22.1 Å². The second kappa shape index (κ2) is 7.49. The Morgan fingerprint density at radius 1 is 1.03 bits per heavy atom. The monoisotopic (exact) mass is 427 g/mol. The Kier molecular flexibility index (Phi) is 4.46. The number of aryl methyl sites for hydroxylation is 1. The van der Waals surface area contributed by atoms with E-state index in [0.717, 1.165) is 53.7 Å². The van der Waals surface area contributed by atoms with Crippen LogP contribution in [0.4, 0.5) is 4.39 Å². The van der Waals surface area contributed by atoms with Crippen molar-refractivity contribution in [2.45, 2.75) is 25.7 Å². The highest BCUT2D eigenvalue weighted by molar-refractivity contribution is 5.95. The summed E-state index contributed by atoms with van der Waals surface area (Å²) < 4.78 is 14.0. The Morgan fingerprint density at radius 2 is 1.91 bits per heavy atom. The smallest absolute Gasteiger partial charge is 0.159 e. The van der Waals surface area contributed by atoms with Crippen molar-refractivity contribution in [3.8, 4) is 22.8 Å². The molecule has 5 heterocycles. The van der Waals surface area contributed by atoms with Gasteiger partial charge in [0.25, 0.3) is 0 Å². The summed E-state index contributed by atoms with van der Waals surface area (Å²) in [5, 5.41) is 11.9. The normalized spacial score (nSPS) is 15.1. The van der Waals surface area contributed by atoms with Crippen LogP contribution in [0.3, 0.4) is 0 Å². The second-order valence-electron chi connectivity index (χ2n) is 8.42. The van der Waals surface area contributed by atoms with E-state index in [1.165, 1.54) is 17.7 Å². The van der Waals surface area contributed by atoms with Crippen LogP contribution < -0.4 is 5.32 Å². The first-order valence-electron chi connectivity index (χ1n) is 10.8. The summed E-state index contributed by atoms with van der Waals surface area (Å²) in [5.41, 5.74) is 6.38. The minimum Gasteiger partial charge on any atom is -0.336 e. The molecule has 1 aromatic carbocycles. The summed E-state index contributed by atoms with van der Waals surface area (Å²) in [6.45, 7) is 3.92. The SMILES string of the molecule is Cc1cc(F)cc(-c2nccc3[nH]c(-c4n[nH]c5ncc(C6CCNCC6)cc45)nc23)c1. The quantitative estimate of drug-likeness (QED) is 0.395. The fraction of sp³-hybridized carbons (Fsp3) is 0.250. The largest absolute Gasteiger partial charge is 0.336 e. The van der Waals surface area contributed by atoms with Crippen LogP contribution in [0, 0.1) is 12.7 Å². The zero-order valence-electron chi connectivity index (χ0n) is 17.6. The molecule has 0 saturated carbocycles. The molecule has 1 fully saturated rings. The highest BCUT2D eigenvalue weighted by Gasteiger charge is 2.20. The van der Waals surface area contributed by atoms with Gasteiger partial charge in [-0.1, -0.05) is 0 Å². The molecule has 0 aliphatic carbocycles. The van der Waals surface area contributed by atoms with Crippen molar-refractivity contribution in [1.29, 1.82) is 0 Å². The highest BCUT2D eigenvalue weighted by atomic mass is 19.1. The molecule has 0 bridgehead atoms. The Balaban J connectivity index is 1.47. The lowest BCUT2D eigenvalue weighted by Crippen LogP contribution is -2.26. The van der Waals surface area contributed by atoms with E-state index < -0.39 is 0 Å². The lowest BCUT2D eigenvalue weighted by Gasteiger charge is -2.22. The number of fused-ring (bicyclic) bond motifs is 2. The molecule has 1 aliphatic heterocycles. The van der Waals surface area contributed by atoms with E-state index in [1.807, 2.05) is 25.3 Å². The maximum atomic E-state index is 14.0. The third kappa shape index (κ3) is 3.23. The minimum atomic E-state index is -0.288. The number of imidazole rings is 1.